The smallest absolute Gasteiger partial charge is 0.292 e. The van der Waals surface area contributed by atoms with Gasteiger partial charge >= 0.3 is 0 Å². The second kappa shape index (κ2) is 7.50. The molecule has 0 saturated carbocycles. The van der Waals surface area contributed by atoms with Crippen LogP contribution >= 0.6 is 0 Å². The van der Waals surface area contributed by atoms with E-state index < -0.39 is 5.82 Å². The topological polar surface area (TPSA) is 64.2 Å². The molecule has 2 aromatic heterocycles. The summed E-state index contributed by atoms with van der Waals surface area (Å²) in [5.74, 6) is -0.569. The second-order valence-corrected chi connectivity index (χ2v) is 7.80. The fourth-order valence-electron chi connectivity index (χ4n) is 4.21. The fraction of sp³-hybridized carbons (Fsp3) is 0.208. The van der Waals surface area contributed by atoms with Gasteiger partial charge in [0.15, 0.2) is 0 Å². The molecule has 1 unspecified atom stereocenters. The van der Waals surface area contributed by atoms with E-state index in [4.69, 9.17) is 4.52 Å². The lowest BCUT2D eigenvalue weighted by Gasteiger charge is -2.34. The number of carbonyl (C=O) groups excluding carboxylic acids is 1. The normalized spacial score (nSPS) is 15.7. The Hall–Kier alpha value is -3.74. The highest BCUT2D eigenvalue weighted by Crippen LogP contribution is 2.35. The van der Waals surface area contributed by atoms with Crippen molar-refractivity contribution in [2.75, 3.05) is 6.54 Å². The Morgan fingerprint density at radius 2 is 1.90 bits per heavy atom. The molecule has 5 rings (SSSR count). The SMILES string of the molecule is Cc1c(C2CN(C(=O)c3cc(-c4ccccc4F)no3)Cc3ccccc32)cnn1C. The van der Waals surface area contributed by atoms with Gasteiger partial charge in [0.05, 0.1) is 6.20 Å². The Bertz CT molecular complexity index is 1280. The van der Waals surface area contributed by atoms with Gasteiger partial charge in [-0.25, -0.2) is 4.39 Å². The molecule has 3 heterocycles. The number of hydrogen-bond acceptors (Lipinski definition) is 4. The van der Waals surface area contributed by atoms with Gasteiger partial charge in [0, 0.05) is 48.9 Å². The number of hydrogen-bond donors (Lipinski definition) is 0. The zero-order chi connectivity index (χ0) is 21.5. The van der Waals surface area contributed by atoms with Crippen LogP contribution in [0.5, 0.6) is 0 Å². The first-order valence-electron chi connectivity index (χ1n) is 10.1. The van der Waals surface area contributed by atoms with E-state index in [2.05, 4.69) is 16.3 Å². The van der Waals surface area contributed by atoms with Crippen LogP contribution < -0.4 is 0 Å². The third kappa shape index (κ3) is 3.32. The van der Waals surface area contributed by atoms with Crippen LogP contribution in [0.3, 0.4) is 0 Å². The van der Waals surface area contributed by atoms with E-state index in [-0.39, 0.29) is 17.6 Å². The number of fused-ring (bicyclic) bond motifs is 1. The van der Waals surface area contributed by atoms with Crippen LogP contribution in [0.1, 0.15) is 38.9 Å². The van der Waals surface area contributed by atoms with Crippen molar-refractivity contribution in [3.8, 4) is 11.3 Å². The summed E-state index contributed by atoms with van der Waals surface area (Å²) in [6, 6.07) is 15.9. The van der Waals surface area contributed by atoms with Crippen LogP contribution in [0.15, 0.2) is 65.3 Å². The van der Waals surface area contributed by atoms with Crippen molar-refractivity contribution in [3.63, 3.8) is 0 Å². The van der Waals surface area contributed by atoms with E-state index in [1.165, 1.54) is 17.7 Å². The van der Waals surface area contributed by atoms with Crippen molar-refractivity contribution in [3.05, 3.63) is 94.8 Å². The Morgan fingerprint density at radius 3 is 2.68 bits per heavy atom. The molecule has 7 heteroatoms. The first-order valence-corrected chi connectivity index (χ1v) is 10.1. The molecule has 1 aliphatic heterocycles. The molecule has 0 fully saturated rings. The van der Waals surface area contributed by atoms with E-state index in [0.29, 0.717) is 24.3 Å². The zero-order valence-corrected chi connectivity index (χ0v) is 17.2. The molecule has 2 aromatic carbocycles. The summed E-state index contributed by atoms with van der Waals surface area (Å²) in [5.41, 5.74) is 5.06. The molecule has 0 saturated heterocycles. The number of amides is 1. The summed E-state index contributed by atoms with van der Waals surface area (Å²) >= 11 is 0. The van der Waals surface area contributed by atoms with Crippen LogP contribution in [0, 0.1) is 12.7 Å². The summed E-state index contributed by atoms with van der Waals surface area (Å²) in [6.07, 6.45) is 1.87. The third-order valence-electron chi connectivity index (χ3n) is 6.00. The lowest BCUT2D eigenvalue weighted by Crippen LogP contribution is -2.38. The summed E-state index contributed by atoms with van der Waals surface area (Å²) in [5, 5.41) is 8.31. The molecule has 156 valence electrons. The molecule has 1 atom stereocenters. The maximum absolute atomic E-state index is 14.1. The van der Waals surface area contributed by atoms with Gasteiger partial charge in [-0.3, -0.25) is 9.48 Å². The van der Waals surface area contributed by atoms with Crippen LogP contribution in [0.4, 0.5) is 4.39 Å². The van der Waals surface area contributed by atoms with Gasteiger partial charge in [0.25, 0.3) is 5.91 Å². The average Bonchev–Trinajstić information content (AvgIpc) is 3.40. The molecule has 1 aliphatic rings. The molecule has 31 heavy (non-hydrogen) atoms. The molecule has 0 N–H and O–H groups in total. The highest BCUT2D eigenvalue weighted by Gasteiger charge is 2.32. The van der Waals surface area contributed by atoms with Gasteiger partial charge in [0.1, 0.15) is 11.5 Å². The van der Waals surface area contributed by atoms with Crippen molar-refractivity contribution in [2.24, 2.45) is 7.05 Å². The fourth-order valence-corrected chi connectivity index (χ4v) is 4.21. The van der Waals surface area contributed by atoms with Crippen molar-refractivity contribution in [1.29, 1.82) is 0 Å². The Kier molecular flexibility index (Phi) is 4.66. The molecule has 6 nitrogen and oxygen atoms in total. The molecule has 0 aliphatic carbocycles. The maximum Gasteiger partial charge on any atom is 0.292 e. The molecule has 1 amide bonds. The quantitative estimate of drug-likeness (QED) is 0.499. The first kappa shape index (κ1) is 19.2. The van der Waals surface area contributed by atoms with Gasteiger partial charge in [-0.1, -0.05) is 41.6 Å². The van der Waals surface area contributed by atoms with Crippen LogP contribution in [-0.4, -0.2) is 32.3 Å². The number of halogens is 1. The largest absolute Gasteiger partial charge is 0.350 e. The van der Waals surface area contributed by atoms with Gasteiger partial charge < -0.3 is 9.42 Å². The van der Waals surface area contributed by atoms with E-state index in [1.54, 1.807) is 23.1 Å². The molecular weight excluding hydrogens is 395 g/mol. The summed E-state index contributed by atoms with van der Waals surface area (Å²) in [6.45, 7) is 3.00. The Labute approximate surface area is 178 Å². The maximum atomic E-state index is 14.1. The summed E-state index contributed by atoms with van der Waals surface area (Å²) in [7, 11) is 1.91. The van der Waals surface area contributed by atoms with Gasteiger partial charge in [-0.2, -0.15) is 5.10 Å². The third-order valence-corrected chi connectivity index (χ3v) is 6.00. The molecule has 0 spiro atoms. The molecular formula is C24H21FN4O2. The monoisotopic (exact) mass is 416 g/mol. The van der Waals surface area contributed by atoms with Gasteiger partial charge in [-0.15, -0.1) is 0 Å². The molecule has 4 aromatic rings. The van der Waals surface area contributed by atoms with Crippen molar-refractivity contribution < 1.29 is 13.7 Å². The highest BCUT2D eigenvalue weighted by atomic mass is 19.1. The van der Waals surface area contributed by atoms with Crippen LogP contribution in [0.2, 0.25) is 0 Å². The minimum atomic E-state index is -0.409. The second-order valence-electron chi connectivity index (χ2n) is 7.80. The minimum Gasteiger partial charge on any atom is -0.350 e. The number of carbonyl (C=O) groups is 1. The number of nitrogens with zero attached hydrogens (tertiary/aromatic N) is 4. The number of rotatable bonds is 3. The Balaban J connectivity index is 1.48. The summed E-state index contributed by atoms with van der Waals surface area (Å²) in [4.78, 5) is 15.0. The minimum absolute atomic E-state index is 0.0107. The molecule has 0 bridgehead atoms. The average molecular weight is 416 g/mol. The Morgan fingerprint density at radius 1 is 1.13 bits per heavy atom. The lowest BCUT2D eigenvalue weighted by molar-refractivity contribution is 0.0682. The van der Waals surface area contributed by atoms with E-state index in [0.717, 1.165) is 16.8 Å². The first-order chi connectivity index (χ1) is 15.0. The van der Waals surface area contributed by atoms with E-state index >= 15 is 0 Å². The summed E-state index contributed by atoms with van der Waals surface area (Å²) < 4.78 is 21.3. The van der Waals surface area contributed by atoms with Crippen molar-refractivity contribution >= 4 is 5.91 Å². The van der Waals surface area contributed by atoms with Crippen LogP contribution in [-0.2, 0) is 13.6 Å². The van der Waals surface area contributed by atoms with Gasteiger partial charge in [0.2, 0.25) is 5.76 Å². The highest BCUT2D eigenvalue weighted by molar-refractivity contribution is 5.92. The van der Waals surface area contributed by atoms with Crippen LogP contribution in [0.25, 0.3) is 11.3 Å². The number of aryl methyl sites for hydroxylation is 1. The van der Waals surface area contributed by atoms with E-state index in [1.807, 2.05) is 43.0 Å². The number of aromatic nitrogens is 3. The lowest BCUT2D eigenvalue weighted by atomic mass is 9.85. The van der Waals surface area contributed by atoms with Crippen molar-refractivity contribution in [1.82, 2.24) is 19.8 Å². The predicted octanol–water partition coefficient (Wildman–Crippen LogP) is 4.31. The molecule has 0 radical (unpaired) electrons. The number of benzene rings is 2. The van der Waals surface area contributed by atoms with Crippen molar-refractivity contribution in [2.45, 2.75) is 19.4 Å². The standard InChI is InChI=1S/C24H21FN4O2/c1-15-19(12-26-28(15)2)20-14-29(13-16-7-3-4-8-17(16)20)24(30)23-11-22(27-31-23)18-9-5-6-10-21(18)25/h3-12,20H,13-14H2,1-2H3. The zero-order valence-electron chi connectivity index (χ0n) is 17.2. The predicted molar refractivity (Wildman–Crippen MR) is 113 cm³/mol. The van der Waals surface area contributed by atoms with E-state index in [9.17, 15) is 9.18 Å². The van der Waals surface area contributed by atoms with Gasteiger partial charge in [-0.05, 0) is 30.2 Å².